The predicted octanol–water partition coefficient (Wildman–Crippen LogP) is 3.57. The van der Waals surface area contributed by atoms with Crippen molar-refractivity contribution in [1.82, 2.24) is 4.57 Å². The van der Waals surface area contributed by atoms with E-state index in [1.807, 2.05) is 17.6 Å². The third-order valence-electron chi connectivity index (χ3n) is 3.84. The summed E-state index contributed by atoms with van der Waals surface area (Å²) in [5.74, 6) is -0.0372. The first kappa shape index (κ1) is 16.4. The molecule has 4 heteroatoms. The molecular formula is C18H23FN2O. The summed E-state index contributed by atoms with van der Waals surface area (Å²) in [6.45, 7) is 6.86. The zero-order chi connectivity index (χ0) is 16.3. The van der Waals surface area contributed by atoms with Gasteiger partial charge in [0.05, 0.1) is 6.04 Å². The van der Waals surface area contributed by atoms with Gasteiger partial charge in [-0.25, -0.2) is 4.39 Å². The molecule has 0 fully saturated rings. The van der Waals surface area contributed by atoms with E-state index in [4.69, 9.17) is 5.73 Å². The van der Waals surface area contributed by atoms with E-state index in [1.165, 1.54) is 12.1 Å². The molecule has 118 valence electrons. The summed E-state index contributed by atoms with van der Waals surface area (Å²) >= 11 is 0. The molecule has 3 nitrogen and oxygen atoms in total. The van der Waals surface area contributed by atoms with Crippen LogP contribution in [0.1, 0.15) is 56.0 Å². The van der Waals surface area contributed by atoms with Crippen LogP contribution in [0.2, 0.25) is 0 Å². The molecule has 0 spiro atoms. The van der Waals surface area contributed by atoms with Gasteiger partial charge in [0.2, 0.25) is 0 Å². The van der Waals surface area contributed by atoms with Crippen molar-refractivity contribution in [2.45, 2.75) is 45.7 Å². The van der Waals surface area contributed by atoms with Gasteiger partial charge in [0.25, 0.3) is 5.56 Å². The molecule has 1 unspecified atom stereocenters. The van der Waals surface area contributed by atoms with Crippen LogP contribution in [0.4, 0.5) is 4.39 Å². The molecule has 0 saturated heterocycles. The van der Waals surface area contributed by atoms with E-state index in [-0.39, 0.29) is 17.3 Å². The van der Waals surface area contributed by atoms with Gasteiger partial charge >= 0.3 is 0 Å². The highest BCUT2D eigenvalue weighted by molar-refractivity contribution is 5.31. The summed E-state index contributed by atoms with van der Waals surface area (Å²) < 4.78 is 14.8. The van der Waals surface area contributed by atoms with E-state index in [0.29, 0.717) is 12.1 Å². The molecule has 0 saturated carbocycles. The minimum Gasteiger partial charge on any atom is -0.320 e. The fourth-order valence-electron chi connectivity index (χ4n) is 2.65. The standard InChI is InChI=1S/C18H23FN2O/c1-4-11-21-16(12(2)3)10-9-15(18(21)22)17(20)13-5-7-14(19)8-6-13/h5-10,12,17H,4,11,20H2,1-3H3. The fourth-order valence-corrected chi connectivity index (χ4v) is 2.65. The summed E-state index contributed by atoms with van der Waals surface area (Å²) in [7, 11) is 0. The molecule has 1 aromatic carbocycles. The van der Waals surface area contributed by atoms with E-state index in [1.54, 1.807) is 18.2 Å². The fraction of sp³-hybridized carbons (Fsp3) is 0.389. The van der Waals surface area contributed by atoms with Gasteiger partial charge in [-0.15, -0.1) is 0 Å². The Hall–Kier alpha value is -1.94. The summed E-state index contributed by atoms with van der Waals surface area (Å²) in [6, 6.07) is 9.21. The van der Waals surface area contributed by atoms with Crippen molar-refractivity contribution >= 4 is 0 Å². The first-order chi connectivity index (χ1) is 10.5. The average molecular weight is 302 g/mol. The molecule has 22 heavy (non-hydrogen) atoms. The summed E-state index contributed by atoms with van der Waals surface area (Å²) in [5, 5.41) is 0. The predicted molar refractivity (Wildman–Crippen MR) is 87.5 cm³/mol. The molecule has 0 bridgehead atoms. The second-order valence-corrected chi connectivity index (χ2v) is 5.85. The number of hydrogen-bond acceptors (Lipinski definition) is 2. The Balaban J connectivity index is 2.49. The number of rotatable bonds is 5. The summed E-state index contributed by atoms with van der Waals surface area (Å²) in [4.78, 5) is 12.8. The number of aromatic nitrogens is 1. The normalized spacial score (nSPS) is 12.6. The molecule has 2 aromatic rings. The van der Waals surface area contributed by atoms with Crippen LogP contribution in [-0.4, -0.2) is 4.57 Å². The lowest BCUT2D eigenvalue weighted by Gasteiger charge is -2.19. The van der Waals surface area contributed by atoms with Crippen molar-refractivity contribution in [3.05, 3.63) is 69.4 Å². The largest absolute Gasteiger partial charge is 0.320 e. The van der Waals surface area contributed by atoms with Crippen molar-refractivity contribution < 1.29 is 4.39 Å². The van der Waals surface area contributed by atoms with Crippen LogP contribution in [0.5, 0.6) is 0 Å². The van der Waals surface area contributed by atoms with Crippen LogP contribution in [-0.2, 0) is 6.54 Å². The molecule has 0 aliphatic heterocycles. The molecule has 0 aliphatic carbocycles. The lowest BCUT2D eigenvalue weighted by molar-refractivity contribution is 0.586. The summed E-state index contributed by atoms with van der Waals surface area (Å²) in [6.07, 6.45) is 0.884. The van der Waals surface area contributed by atoms with Crippen molar-refractivity contribution in [3.8, 4) is 0 Å². The number of benzene rings is 1. The van der Waals surface area contributed by atoms with Gasteiger partial charge < -0.3 is 10.3 Å². The molecule has 2 rings (SSSR count). The van der Waals surface area contributed by atoms with E-state index in [9.17, 15) is 9.18 Å². The third-order valence-corrected chi connectivity index (χ3v) is 3.84. The van der Waals surface area contributed by atoms with Crippen LogP contribution in [0, 0.1) is 5.82 Å². The topological polar surface area (TPSA) is 48.0 Å². The van der Waals surface area contributed by atoms with Crippen LogP contribution in [0.15, 0.2) is 41.2 Å². The van der Waals surface area contributed by atoms with Gasteiger partial charge in [-0.1, -0.05) is 32.9 Å². The van der Waals surface area contributed by atoms with E-state index in [0.717, 1.165) is 17.7 Å². The highest BCUT2D eigenvalue weighted by Crippen LogP contribution is 2.20. The Morgan fingerprint density at radius 2 is 1.77 bits per heavy atom. The number of hydrogen-bond donors (Lipinski definition) is 1. The Bertz CT molecular complexity index is 689. The Morgan fingerprint density at radius 3 is 2.32 bits per heavy atom. The molecule has 0 aliphatic rings. The van der Waals surface area contributed by atoms with Crippen molar-refractivity contribution in [2.24, 2.45) is 5.73 Å². The third kappa shape index (κ3) is 3.28. The first-order valence-electron chi connectivity index (χ1n) is 7.70. The second-order valence-electron chi connectivity index (χ2n) is 5.85. The first-order valence-corrected chi connectivity index (χ1v) is 7.70. The van der Waals surface area contributed by atoms with E-state index in [2.05, 4.69) is 13.8 Å². The van der Waals surface area contributed by atoms with Gasteiger partial charge in [-0.05, 0) is 42.2 Å². The highest BCUT2D eigenvalue weighted by atomic mass is 19.1. The minimum atomic E-state index is -0.544. The zero-order valence-electron chi connectivity index (χ0n) is 13.3. The zero-order valence-corrected chi connectivity index (χ0v) is 13.3. The number of nitrogens with two attached hydrogens (primary N) is 1. The van der Waals surface area contributed by atoms with Crippen LogP contribution in [0.25, 0.3) is 0 Å². The lowest BCUT2D eigenvalue weighted by Crippen LogP contribution is -2.31. The highest BCUT2D eigenvalue weighted by Gasteiger charge is 2.17. The van der Waals surface area contributed by atoms with Crippen molar-refractivity contribution in [2.75, 3.05) is 0 Å². The van der Waals surface area contributed by atoms with Crippen LogP contribution < -0.4 is 11.3 Å². The molecule has 1 heterocycles. The monoisotopic (exact) mass is 302 g/mol. The summed E-state index contributed by atoms with van der Waals surface area (Å²) in [5.41, 5.74) is 8.47. The maximum absolute atomic E-state index is 13.0. The number of nitrogens with zero attached hydrogens (tertiary/aromatic N) is 1. The molecular weight excluding hydrogens is 279 g/mol. The van der Waals surface area contributed by atoms with E-state index < -0.39 is 6.04 Å². The SMILES string of the molecule is CCCn1c(C(C)C)ccc(C(N)c2ccc(F)cc2)c1=O. The number of halogens is 1. The van der Waals surface area contributed by atoms with Crippen LogP contribution in [0.3, 0.4) is 0 Å². The molecule has 0 amide bonds. The maximum Gasteiger partial charge on any atom is 0.255 e. The Labute approximate surface area is 130 Å². The van der Waals surface area contributed by atoms with Crippen LogP contribution >= 0.6 is 0 Å². The lowest BCUT2D eigenvalue weighted by atomic mass is 9.99. The van der Waals surface area contributed by atoms with Gasteiger partial charge in [0, 0.05) is 17.8 Å². The Kier molecular flexibility index (Phi) is 5.14. The molecule has 1 aromatic heterocycles. The minimum absolute atomic E-state index is 0.0510. The quantitative estimate of drug-likeness (QED) is 0.918. The molecule has 1 atom stereocenters. The smallest absolute Gasteiger partial charge is 0.255 e. The maximum atomic E-state index is 13.0. The van der Waals surface area contributed by atoms with Crippen molar-refractivity contribution in [3.63, 3.8) is 0 Å². The van der Waals surface area contributed by atoms with Crippen molar-refractivity contribution in [1.29, 1.82) is 0 Å². The van der Waals surface area contributed by atoms with E-state index >= 15 is 0 Å². The molecule has 2 N–H and O–H groups in total. The number of pyridine rings is 1. The second kappa shape index (κ2) is 6.88. The van der Waals surface area contributed by atoms with Gasteiger partial charge in [-0.2, -0.15) is 0 Å². The average Bonchev–Trinajstić information content (AvgIpc) is 2.49. The molecule has 0 radical (unpaired) electrons. The van der Waals surface area contributed by atoms with Gasteiger partial charge in [0.1, 0.15) is 5.82 Å². The van der Waals surface area contributed by atoms with Gasteiger partial charge in [-0.3, -0.25) is 4.79 Å². The Morgan fingerprint density at radius 1 is 1.14 bits per heavy atom. The van der Waals surface area contributed by atoms with Gasteiger partial charge in [0.15, 0.2) is 0 Å².